The fourth-order valence-electron chi connectivity index (χ4n) is 2.06. The van der Waals surface area contributed by atoms with Crippen LogP contribution in [0.1, 0.15) is 21.5 Å². The molecule has 2 rings (SSSR count). The second kappa shape index (κ2) is 7.18. The van der Waals surface area contributed by atoms with Crippen LogP contribution in [0, 0.1) is 17.1 Å². The maximum Gasteiger partial charge on any atom is 0.251 e. The zero-order valence-electron chi connectivity index (χ0n) is 12.1. The van der Waals surface area contributed by atoms with Crippen molar-refractivity contribution in [3.05, 3.63) is 71.0 Å². The summed E-state index contributed by atoms with van der Waals surface area (Å²) >= 11 is 0. The van der Waals surface area contributed by atoms with Crippen LogP contribution >= 0.6 is 0 Å². The lowest BCUT2D eigenvalue weighted by Gasteiger charge is -2.15. The molecule has 3 N–H and O–H groups in total. The first-order valence-corrected chi connectivity index (χ1v) is 6.84. The molecule has 23 heavy (non-hydrogen) atoms. The highest BCUT2D eigenvalue weighted by atomic mass is 19.1. The summed E-state index contributed by atoms with van der Waals surface area (Å²) in [6, 6.07) is 12.7. The average molecular weight is 311 g/mol. The number of halogens is 1. The highest BCUT2D eigenvalue weighted by molar-refractivity contribution is 5.97. The third-order valence-electron chi connectivity index (χ3n) is 3.25. The number of nitriles is 1. The van der Waals surface area contributed by atoms with E-state index >= 15 is 0 Å². The third-order valence-corrected chi connectivity index (χ3v) is 3.25. The third kappa shape index (κ3) is 4.38. The van der Waals surface area contributed by atoms with Gasteiger partial charge in [0.25, 0.3) is 5.91 Å². The summed E-state index contributed by atoms with van der Waals surface area (Å²) in [6.45, 7) is 0. The van der Waals surface area contributed by atoms with E-state index in [-0.39, 0.29) is 6.42 Å². The van der Waals surface area contributed by atoms with Crippen molar-refractivity contribution in [1.82, 2.24) is 5.32 Å². The van der Waals surface area contributed by atoms with E-state index in [0.717, 1.165) is 0 Å². The van der Waals surface area contributed by atoms with Crippen LogP contribution in [-0.4, -0.2) is 17.9 Å². The summed E-state index contributed by atoms with van der Waals surface area (Å²) in [5.41, 5.74) is 6.58. The molecule has 0 aliphatic rings. The molecule has 2 amide bonds. The Hall–Kier alpha value is -3.20. The van der Waals surface area contributed by atoms with Gasteiger partial charge in [0.15, 0.2) is 0 Å². The number of nitrogens with two attached hydrogens (primary N) is 1. The number of nitrogens with one attached hydrogen (secondary N) is 1. The van der Waals surface area contributed by atoms with Gasteiger partial charge in [0.05, 0.1) is 11.6 Å². The van der Waals surface area contributed by atoms with Crippen LogP contribution in [0.15, 0.2) is 48.5 Å². The molecule has 0 fully saturated rings. The van der Waals surface area contributed by atoms with Crippen molar-refractivity contribution in [3.63, 3.8) is 0 Å². The van der Waals surface area contributed by atoms with Crippen molar-refractivity contribution in [3.8, 4) is 6.07 Å². The smallest absolute Gasteiger partial charge is 0.251 e. The number of primary amides is 1. The van der Waals surface area contributed by atoms with Crippen molar-refractivity contribution in [1.29, 1.82) is 5.26 Å². The fourth-order valence-corrected chi connectivity index (χ4v) is 2.06. The highest BCUT2D eigenvalue weighted by Gasteiger charge is 2.19. The van der Waals surface area contributed by atoms with Gasteiger partial charge in [-0.1, -0.05) is 12.1 Å². The normalized spacial score (nSPS) is 11.3. The molecule has 5 nitrogen and oxygen atoms in total. The van der Waals surface area contributed by atoms with E-state index in [0.29, 0.717) is 16.7 Å². The van der Waals surface area contributed by atoms with E-state index in [4.69, 9.17) is 11.0 Å². The quantitative estimate of drug-likeness (QED) is 0.876. The minimum atomic E-state index is -0.958. The molecule has 2 aromatic rings. The van der Waals surface area contributed by atoms with E-state index in [1.54, 1.807) is 6.07 Å². The fraction of sp³-hybridized carbons (Fsp3) is 0.118. The van der Waals surface area contributed by atoms with E-state index in [2.05, 4.69) is 5.32 Å². The van der Waals surface area contributed by atoms with Crippen LogP contribution < -0.4 is 11.1 Å². The van der Waals surface area contributed by atoms with Crippen LogP contribution in [0.25, 0.3) is 0 Å². The number of carbonyl (C=O) groups is 2. The Labute approximate surface area is 132 Å². The molecule has 0 aliphatic heterocycles. The van der Waals surface area contributed by atoms with Gasteiger partial charge in [0, 0.05) is 12.0 Å². The predicted octanol–water partition coefficient (Wildman–Crippen LogP) is 1.52. The maximum absolute atomic E-state index is 13.2. The standard InChI is InChI=1S/C17H14FN3O2/c18-14-3-1-2-12(8-14)9-15(16(20)22)21-17(23)13-6-4-11(10-19)5-7-13/h1-8,15H,9H2,(H2,20,22)(H,21,23)/t15-/m1/s1. The summed E-state index contributed by atoms with van der Waals surface area (Å²) < 4.78 is 13.2. The van der Waals surface area contributed by atoms with Crippen molar-refractivity contribution >= 4 is 11.8 Å². The second-order valence-corrected chi connectivity index (χ2v) is 4.95. The Balaban J connectivity index is 2.11. The van der Waals surface area contributed by atoms with Gasteiger partial charge in [-0.15, -0.1) is 0 Å². The van der Waals surface area contributed by atoms with Crippen molar-refractivity contribution in [2.45, 2.75) is 12.5 Å². The first-order chi connectivity index (χ1) is 11.0. The van der Waals surface area contributed by atoms with Gasteiger partial charge in [-0.05, 0) is 42.0 Å². The topological polar surface area (TPSA) is 96.0 Å². The van der Waals surface area contributed by atoms with Gasteiger partial charge in [-0.25, -0.2) is 4.39 Å². The van der Waals surface area contributed by atoms with Crippen molar-refractivity contribution in [2.75, 3.05) is 0 Å². The largest absolute Gasteiger partial charge is 0.368 e. The molecule has 0 saturated carbocycles. The molecule has 0 radical (unpaired) electrons. The summed E-state index contributed by atoms with van der Waals surface area (Å²) in [6.07, 6.45) is 0.0924. The van der Waals surface area contributed by atoms with Crippen LogP contribution in [0.4, 0.5) is 4.39 Å². The number of hydrogen-bond acceptors (Lipinski definition) is 3. The van der Waals surface area contributed by atoms with Gasteiger partial charge in [0.1, 0.15) is 11.9 Å². The Morgan fingerprint density at radius 1 is 1.22 bits per heavy atom. The molecular weight excluding hydrogens is 297 g/mol. The lowest BCUT2D eigenvalue weighted by Crippen LogP contribution is -2.45. The van der Waals surface area contributed by atoms with Gasteiger partial charge < -0.3 is 11.1 Å². The molecule has 0 heterocycles. The molecule has 0 bridgehead atoms. The second-order valence-electron chi connectivity index (χ2n) is 4.95. The molecule has 6 heteroatoms. The molecule has 1 atom stereocenters. The van der Waals surface area contributed by atoms with E-state index in [9.17, 15) is 14.0 Å². The van der Waals surface area contributed by atoms with E-state index in [1.165, 1.54) is 42.5 Å². The Bertz CT molecular complexity index is 766. The molecule has 2 aromatic carbocycles. The van der Waals surface area contributed by atoms with Crippen LogP contribution in [0.5, 0.6) is 0 Å². The van der Waals surface area contributed by atoms with Crippen molar-refractivity contribution in [2.24, 2.45) is 5.73 Å². The highest BCUT2D eigenvalue weighted by Crippen LogP contribution is 2.08. The van der Waals surface area contributed by atoms with Gasteiger partial charge in [-0.2, -0.15) is 5.26 Å². The number of benzene rings is 2. The van der Waals surface area contributed by atoms with Gasteiger partial charge in [-0.3, -0.25) is 9.59 Å². The number of carbonyl (C=O) groups excluding carboxylic acids is 2. The minimum absolute atomic E-state index is 0.0924. The zero-order valence-corrected chi connectivity index (χ0v) is 12.1. The number of nitrogens with zero attached hydrogens (tertiary/aromatic N) is 1. The van der Waals surface area contributed by atoms with Crippen LogP contribution in [0.3, 0.4) is 0 Å². The number of rotatable bonds is 5. The SMILES string of the molecule is N#Cc1ccc(C(=O)N[C@H](Cc2cccc(F)c2)C(N)=O)cc1. The maximum atomic E-state index is 13.2. The van der Waals surface area contributed by atoms with E-state index < -0.39 is 23.7 Å². The number of amides is 2. The first kappa shape index (κ1) is 16.2. The average Bonchev–Trinajstić information content (AvgIpc) is 2.54. The predicted molar refractivity (Wildman–Crippen MR) is 81.7 cm³/mol. The zero-order chi connectivity index (χ0) is 16.8. The molecule has 0 aromatic heterocycles. The minimum Gasteiger partial charge on any atom is -0.368 e. The summed E-state index contributed by atoms with van der Waals surface area (Å²) in [5, 5.41) is 11.2. The van der Waals surface area contributed by atoms with Crippen LogP contribution in [-0.2, 0) is 11.2 Å². The van der Waals surface area contributed by atoms with Crippen LogP contribution in [0.2, 0.25) is 0 Å². The van der Waals surface area contributed by atoms with Gasteiger partial charge >= 0.3 is 0 Å². The monoisotopic (exact) mass is 311 g/mol. The summed E-state index contributed by atoms with van der Waals surface area (Å²) in [5.74, 6) is -1.63. The Morgan fingerprint density at radius 3 is 2.48 bits per heavy atom. The molecule has 116 valence electrons. The Morgan fingerprint density at radius 2 is 1.91 bits per heavy atom. The molecule has 0 aliphatic carbocycles. The molecule has 0 saturated heterocycles. The molecule has 0 unspecified atom stereocenters. The van der Waals surface area contributed by atoms with E-state index in [1.807, 2.05) is 6.07 Å². The Kier molecular flexibility index (Phi) is 5.05. The first-order valence-electron chi connectivity index (χ1n) is 6.84. The molecular formula is C17H14FN3O2. The number of hydrogen-bond donors (Lipinski definition) is 2. The lowest BCUT2D eigenvalue weighted by molar-refractivity contribution is -0.119. The van der Waals surface area contributed by atoms with Crippen molar-refractivity contribution < 1.29 is 14.0 Å². The summed E-state index contributed by atoms with van der Waals surface area (Å²) in [7, 11) is 0. The summed E-state index contributed by atoms with van der Waals surface area (Å²) in [4.78, 5) is 23.7. The molecule has 0 spiro atoms. The van der Waals surface area contributed by atoms with Gasteiger partial charge in [0.2, 0.25) is 5.91 Å². The lowest BCUT2D eigenvalue weighted by atomic mass is 10.0.